The Kier molecular flexibility index (Phi) is 2.58. The lowest BCUT2D eigenvalue weighted by Gasteiger charge is -2.15. The summed E-state index contributed by atoms with van der Waals surface area (Å²) in [5.74, 6) is 0. The maximum absolute atomic E-state index is 13.3. The standard InChI is InChI=1S/C20H16N4O/c1-23(2)13-8-11-4-3-5-14-18(11)15(10-13)20(25)24-17-9-12(21)6-7-16(17)22-19(14)24/h3-10H,21H2,1-2H3. The van der Waals surface area contributed by atoms with Gasteiger partial charge < -0.3 is 10.6 Å². The van der Waals surface area contributed by atoms with E-state index in [9.17, 15) is 4.79 Å². The van der Waals surface area contributed by atoms with E-state index in [1.54, 1.807) is 4.40 Å². The summed E-state index contributed by atoms with van der Waals surface area (Å²) in [4.78, 5) is 20.0. The summed E-state index contributed by atoms with van der Waals surface area (Å²) in [5, 5.41) is 3.69. The number of imidazole rings is 1. The Labute approximate surface area is 143 Å². The molecule has 122 valence electrons. The van der Waals surface area contributed by atoms with E-state index in [-0.39, 0.29) is 5.56 Å². The summed E-state index contributed by atoms with van der Waals surface area (Å²) in [6.07, 6.45) is 0. The third-order valence-corrected chi connectivity index (χ3v) is 4.83. The molecule has 0 amide bonds. The third-order valence-electron chi connectivity index (χ3n) is 4.83. The fourth-order valence-electron chi connectivity index (χ4n) is 3.62. The van der Waals surface area contributed by atoms with Gasteiger partial charge >= 0.3 is 0 Å². The van der Waals surface area contributed by atoms with Crippen molar-refractivity contribution in [1.82, 2.24) is 9.38 Å². The van der Waals surface area contributed by atoms with Gasteiger partial charge in [-0.2, -0.15) is 0 Å². The van der Waals surface area contributed by atoms with Crippen LogP contribution in [0.1, 0.15) is 0 Å². The molecule has 0 saturated carbocycles. The Bertz CT molecular complexity index is 1350. The molecule has 2 N–H and O–H groups in total. The molecule has 3 aromatic carbocycles. The Morgan fingerprint density at radius 2 is 1.88 bits per heavy atom. The predicted molar refractivity (Wildman–Crippen MR) is 104 cm³/mol. The summed E-state index contributed by atoms with van der Waals surface area (Å²) in [5.41, 5.74) is 9.70. The van der Waals surface area contributed by atoms with Crippen molar-refractivity contribution >= 4 is 49.6 Å². The Balaban J connectivity index is 2.13. The molecule has 0 spiro atoms. The highest BCUT2D eigenvalue weighted by Gasteiger charge is 2.17. The van der Waals surface area contributed by atoms with Crippen LogP contribution in [0.15, 0.2) is 53.3 Å². The van der Waals surface area contributed by atoms with Crippen molar-refractivity contribution in [3.8, 4) is 0 Å². The summed E-state index contributed by atoms with van der Waals surface area (Å²) >= 11 is 0. The molecule has 5 nitrogen and oxygen atoms in total. The van der Waals surface area contributed by atoms with Gasteiger partial charge in [0.05, 0.1) is 16.4 Å². The minimum absolute atomic E-state index is 0.0597. The normalized spacial score (nSPS) is 11.9. The van der Waals surface area contributed by atoms with Gasteiger partial charge in [0.2, 0.25) is 0 Å². The highest BCUT2D eigenvalue weighted by Crippen LogP contribution is 2.32. The smallest absolute Gasteiger partial charge is 0.264 e. The molecule has 0 saturated heterocycles. The maximum Gasteiger partial charge on any atom is 0.264 e. The second-order valence-electron chi connectivity index (χ2n) is 6.62. The van der Waals surface area contributed by atoms with Crippen LogP contribution in [0.25, 0.3) is 38.2 Å². The molecule has 0 atom stereocenters. The van der Waals surface area contributed by atoms with E-state index in [1.807, 2.05) is 61.5 Å². The number of rotatable bonds is 1. The monoisotopic (exact) mass is 328 g/mol. The number of nitrogen functional groups attached to an aromatic ring is 1. The van der Waals surface area contributed by atoms with E-state index in [2.05, 4.69) is 6.07 Å². The highest BCUT2D eigenvalue weighted by molar-refractivity contribution is 6.16. The molecule has 5 aromatic rings. The first-order chi connectivity index (χ1) is 12.0. The van der Waals surface area contributed by atoms with Gasteiger partial charge in [0.25, 0.3) is 5.56 Å². The summed E-state index contributed by atoms with van der Waals surface area (Å²) in [7, 11) is 3.95. The first-order valence-corrected chi connectivity index (χ1v) is 8.12. The fourth-order valence-corrected chi connectivity index (χ4v) is 3.62. The Morgan fingerprint density at radius 1 is 1.04 bits per heavy atom. The van der Waals surface area contributed by atoms with Crippen LogP contribution >= 0.6 is 0 Å². The zero-order valence-electron chi connectivity index (χ0n) is 13.9. The lowest BCUT2D eigenvalue weighted by molar-refractivity contribution is 1.13. The second-order valence-corrected chi connectivity index (χ2v) is 6.62. The molecular formula is C20H16N4O. The van der Waals surface area contributed by atoms with Crippen molar-refractivity contribution in [1.29, 1.82) is 0 Å². The van der Waals surface area contributed by atoms with Crippen molar-refractivity contribution in [2.45, 2.75) is 0 Å². The van der Waals surface area contributed by atoms with Crippen molar-refractivity contribution < 1.29 is 0 Å². The molecule has 5 heteroatoms. The minimum atomic E-state index is -0.0597. The van der Waals surface area contributed by atoms with Gasteiger partial charge in [-0.3, -0.25) is 9.20 Å². The molecule has 5 rings (SSSR count). The highest BCUT2D eigenvalue weighted by atomic mass is 16.1. The third kappa shape index (κ3) is 1.78. The second kappa shape index (κ2) is 4.60. The summed E-state index contributed by atoms with van der Waals surface area (Å²) in [6, 6.07) is 15.6. The van der Waals surface area contributed by atoms with Gasteiger partial charge in [0.1, 0.15) is 5.65 Å². The molecule has 0 bridgehead atoms. The van der Waals surface area contributed by atoms with Gasteiger partial charge in [0.15, 0.2) is 0 Å². The van der Waals surface area contributed by atoms with Crippen LogP contribution < -0.4 is 16.2 Å². The van der Waals surface area contributed by atoms with Crippen molar-refractivity contribution in [2.24, 2.45) is 0 Å². The molecule has 2 aromatic heterocycles. The molecule has 0 unspecified atom stereocenters. The molecule has 0 fully saturated rings. The first-order valence-electron chi connectivity index (χ1n) is 8.12. The van der Waals surface area contributed by atoms with E-state index < -0.39 is 0 Å². The number of benzene rings is 3. The zero-order valence-corrected chi connectivity index (χ0v) is 13.9. The van der Waals surface area contributed by atoms with Crippen molar-refractivity contribution in [2.75, 3.05) is 24.7 Å². The molecule has 2 heterocycles. The molecule has 0 aliphatic carbocycles. The van der Waals surface area contributed by atoms with Gasteiger partial charge in [0, 0.05) is 36.2 Å². The molecule has 0 radical (unpaired) electrons. The Hall–Kier alpha value is -3.34. The minimum Gasteiger partial charge on any atom is -0.399 e. The van der Waals surface area contributed by atoms with E-state index in [1.165, 1.54) is 0 Å². The van der Waals surface area contributed by atoms with E-state index >= 15 is 0 Å². The van der Waals surface area contributed by atoms with Gasteiger partial charge in [-0.25, -0.2) is 4.98 Å². The molecule has 25 heavy (non-hydrogen) atoms. The lowest BCUT2D eigenvalue weighted by atomic mass is 10.0. The first kappa shape index (κ1) is 14.0. The van der Waals surface area contributed by atoms with E-state index in [0.29, 0.717) is 16.7 Å². The number of nitrogens with zero attached hydrogens (tertiary/aromatic N) is 3. The van der Waals surface area contributed by atoms with Crippen LogP contribution in [0.5, 0.6) is 0 Å². The van der Waals surface area contributed by atoms with Gasteiger partial charge in [-0.15, -0.1) is 0 Å². The SMILES string of the molecule is CN(C)c1cc2cccc3c2c(c1)c(=O)n1c2cc(N)ccc2nc31. The fraction of sp³-hybridized carbons (Fsp3) is 0.100. The van der Waals surface area contributed by atoms with E-state index in [0.717, 1.165) is 32.9 Å². The maximum atomic E-state index is 13.3. The van der Waals surface area contributed by atoms with E-state index in [4.69, 9.17) is 10.7 Å². The zero-order chi connectivity index (χ0) is 17.3. The van der Waals surface area contributed by atoms with Gasteiger partial charge in [-0.05, 0) is 35.7 Å². The number of fused-ring (bicyclic) bond motifs is 4. The van der Waals surface area contributed by atoms with Crippen molar-refractivity contribution in [3.05, 3.63) is 58.9 Å². The number of hydrogen-bond acceptors (Lipinski definition) is 4. The van der Waals surface area contributed by atoms with Crippen LogP contribution in [0.3, 0.4) is 0 Å². The largest absolute Gasteiger partial charge is 0.399 e. The number of hydrogen-bond donors (Lipinski definition) is 1. The van der Waals surface area contributed by atoms with Crippen LogP contribution in [-0.4, -0.2) is 23.5 Å². The predicted octanol–water partition coefficient (Wildman–Crippen LogP) is 3.24. The number of anilines is 2. The number of nitrogens with two attached hydrogens (primary N) is 1. The van der Waals surface area contributed by atoms with Gasteiger partial charge in [-0.1, -0.05) is 18.2 Å². The molecule has 0 aliphatic heterocycles. The average Bonchev–Trinajstić information content (AvgIpc) is 2.97. The number of aromatic nitrogens is 2. The lowest BCUT2D eigenvalue weighted by Crippen LogP contribution is -2.15. The average molecular weight is 328 g/mol. The van der Waals surface area contributed by atoms with Crippen LogP contribution in [0.2, 0.25) is 0 Å². The molecule has 0 aliphatic rings. The van der Waals surface area contributed by atoms with Crippen LogP contribution in [0.4, 0.5) is 11.4 Å². The molecular weight excluding hydrogens is 312 g/mol. The van der Waals surface area contributed by atoms with Crippen LogP contribution in [-0.2, 0) is 0 Å². The summed E-state index contributed by atoms with van der Waals surface area (Å²) < 4.78 is 1.68. The van der Waals surface area contributed by atoms with Crippen LogP contribution in [0, 0.1) is 0 Å². The topological polar surface area (TPSA) is 63.6 Å². The Morgan fingerprint density at radius 3 is 2.68 bits per heavy atom. The number of pyridine rings is 1. The summed E-state index contributed by atoms with van der Waals surface area (Å²) in [6.45, 7) is 0. The van der Waals surface area contributed by atoms with Crippen molar-refractivity contribution in [3.63, 3.8) is 0 Å². The quantitative estimate of drug-likeness (QED) is 0.480.